The number of hydrogen-bond donors (Lipinski definition) is 2. The number of carbonyl (C=O) groups excluding carboxylic acids is 2. The van der Waals surface area contributed by atoms with Crippen LogP contribution in [0.25, 0.3) is 0 Å². The SMILES string of the molecule is CCOC(=O)c1sc(NNC=O)nc1C. The molecule has 0 fully saturated rings. The molecule has 0 unspecified atom stereocenters. The molecular formula is C8H11N3O3S. The number of amides is 1. The molecule has 0 saturated heterocycles. The second-order valence-electron chi connectivity index (χ2n) is 2.54. The number of carbonyl (C=O) groups is 2. The molecule has 1 heterocycles. The Balaban J connectivity index is 2.76. The topological polar surface area (TPSA) is 80.3 Å². The summed E-state index contributed by atoms with van der Waals surface area (Å²) >= 11 is 1.13. The lowest BCUT2D eigenvalue weighted by Gasteiger charge is -1.97. The third kappa shape index (κ3) is 2.91. The van der Waals surface area contributed by atoms with Gasteiger partial charge in [0.2, 0.25) is 11.5 Å². The van der Waals surface area contributed by atoms with E-state index in [4.69, 9.17) is 4.74 Å². The second kappa shape index (κ2) is 5.30. The van der Waals surface area contributed by atoms with Crippen LogP contribution in [0.1, 0.15) is 22.3 Å². The van der Waals surface area contributed by atoms with E-state index in [9.17, 15) is 9.59 Å². The fourth-order valence-corrected chi connectivity index (χ4v) is 1.75. The number of nitrogens with zero attached hydrogens (tertiary/aromatic N) is 1. The van der Waals surface area contributed by atoms with Crippen molar-refractivity contribution < 1.29 is 14.3 Å². The van der Waals surface area contributed by atoms with Crippen molar-refractivity contribution in [2.75, 3.05) is 12.0 Å². The molecule has 6 nitrogen and oxygen atoms in total. The zero-order chi connectivity index (χ0) is 11.3. The molecule has 15 heavy (non-hydrogen) atoms. The Morgan fingerprint density at radius 1 is 1.67 bits per heavy atom. The van der Waals surface area contributed by atoms with E-state index in [1.807, 2.05) is 0 Å². The minimum absolute atomic E-state index is 0.325. The number of rotatable bonds is 5. The molecule has 0 aliphatic carbocycles. The summed E-state index contributed by atoms with van der Waals surface area (Å²) in [6, 6.07) is 0. The molecule has 1 aromatic heterocycles. The largest absolute Gasteiger partial charge is 0.462 e. The van der Waals surface area contributed by atoms with Crippen LogP contribution in [0, 0.1) is 6.92 Å². The van der Waals surface area contributed by atoms with Gasteiger partial charge in [-0.25, -0.2) is 9.78 Å². The van der Waals surface area contributed by atoms with Crippen LogP contribution in [0.15, 0.2) is 0 Å². The standard InChI is InChI=1S/C8H11N3O3S/c1-3-14-7(13)6-5(2)10-8(15-6)11-9-4-12/h4H,3H2,1-2H3,(H,9,12)(H,10,11). The summed E-state index contributed by atoms with van der Waals surface area (Å²) in [4.78, 5) is 25.9. The third-order valence-corrected chi connectivity index (χ3v) is 2.55. The molecule has 0 aliphatic heterocycles. The first-order chi connectivity index (χ1) is 7.19. The summed E-state index contributed by atoms with van der Waals surface area (Å²) in [5.74, 6) is -0.397. The van der Waals surface area contributed by atoms with Gasteiger partial charge in [-0.05, 0) is 13.8 Å². The van der Waals surface area contributed by atoms with Gasteiger partial charge in [0.05, 0.1) is 12.3 Å². The first kappa shape index (κ1) is 11.4. The minimum Gasteiger partial charge on any atom is -0.462 e. The molecule has 82 valence electrons. The van der Waals surface area contributed by atoms with Gasteiger partial charge in [0.25, 0.3) is 0 Å². The van der Waals surface area contributed by atoms with Gasteiger partial charge in [-0.3, -0.25) is 15.6 Å². The lowest BCUT2D eigenvalue weighted by atomic mass is 10.4. The summed E-state index contributed by atoms with van der Waals surface area (Å²) in [5.41, 5.74) is 5.35. The van der Waals surface area contributed by atoms with Crippen LogP contribution in [0.4, 0.5) is 5.13 Å². The molecule has 0 aromatic carbocycles. The first-order valence-corrected chi connectivity index (χ1v) is 5.10. The van der Waals surface area contributed by atoms with E-state index in [1.165, 1.54) is 0 Å². The predicted octanol–water partition coefficient (Wildman–Crippen LogP) is 0.701. The summed E-state index contributed by atoms with van der Waals surface area (Å²) in [7, 11) is 0. The molecule has 0 atom stereocenters. The highest BCUT2D eigenvalue weighted by Crippen LogP contribution is 2.22. The minimum atomic E-state index is -0.397. The highest BCUT2D eigenvalue weighted by atomic mass is 32.1. The monoisotopic (exact) mass is 229 g/mol. The van der Waals surface area contributed by atoms with Gasteiger partial charge >= 0.3 is 5.97 Å². The number of aromatic nitrogens is 1. The number of thiazole rings is 1. The Labute approximate surface area is 90.6 Å². The summed E-state index contributed by atoms with van der Waals surface area (Å²) in [6.45, 7) is 3.77. The Morgan fingerprint density at radius 3 is 3.00 bits per heavy atom. The molecule has 0 bridgehead atoms. The van der Waals surface area contributed by atoms with Crippen LogP contribution in [0.2, 0.25) is 0 Å². The molecule has 0 radical (unpaired) electrons. The van der Waals surface area contributed by atoms with Crippen molar-refractivity contribution in [3.8, 4) is 0 Å². The number of esters is 1. The smallest absolute Gasteiger partial charge is 0.350 e. The van der Waals surface area contributed by atoms with Gasteiger partial charge in [-0.1, -0.05) is 11.3 Å². The van der Waals surface area contributed by atoms with Crippen molar-refractivity contribution in [2.45, 2.75) is 13.8 Å². The highest BCUT2D eigenvalue weighted by molar-refractivity contribution is 7.17. The van der Waals surface area contributed by atoms with Gasteiger partial charge in [0, 0.05) is 0 Å². The quantitative estimate of drug-likeness (QED) is 0.441. The lowest BCUT2D eigenvalue weighted by molar-refractivity contribution is -0.109. The van der Waals surface area contributed by atoms with Crippen molar-refractivity contribution in [1.82, 2.24) is 10.4 Å². The van der Waals surface area contributed by atoms with Gasteiger partial charge in [0.15, 0.2) is 0 Å². The van der Waals surface area contributed by atoms with Crippen molar-refractivity contribution in [1.29, 1.82) is 0 Å². The average Bonchev–Trinajstić information content (AvgIpc) is 2.57. The van der Waals surface area contributed by atoms with Crippen molar-refractivity contribution in [3.63, 3.8) is 0 Å². The number of aryl methyl sites for hydroxylation is 1. The number of hydrogen-bond acceptors (Lipinski definition) is 6. The van der Waals surface area contributed by atoms with E-state index in [0.29, 0.717) is 28.7 Å². The Hall–Kier alpha value is -1.63. The average molecular weight is 229 g/mol. The van der Waals surface area contributed by atoms with Crippen molar-refractivity contribution >= 4 is 28.8 Å². The number of hydrazine groups is 1. The Morgan fingerprint density at radius 2 is 2.40 bits per heavy atom. The van der Waals surface area contributed by atoms with Crippen LogP contribution in [0.3, 0.4) is 0 Å². The van der Waals surface area contributed by atoms with Crippen LogP contribution in [-0.4, -0.2) is 24.0 Å². The maximum absolute atomic E-state index is 11.4. The van der Waals surface area contributed by atoms with Gasteiger partial charge in [-0.15, -0.1) is 0 Å². The molecule has 0 aliphatic rings. The molecule has 1 amide bonds. The summed E-state index contributed by atoms with van der Waals surface area (Å²) in [6.07, 6.45) is 0.487. The van der Waals surface area contributed by atoms with E-state index in [2.05, 4.69) is 15.8 Å². The number of nitrogens with one attached hydrogen (secondary N) is 2. The Bertz CT molecular complexity index is 364. The van der Waals surface area contributed by atoms with Crippen molar-refractivity contribution in [3.05, 3.63) is 10.6 Å². The molecule has 1 rings (SSSR count). The normalized spacial score (nSPS) is 9.47. The van der Waals surface area contributed by atoms with Crippen LogP contribution in [-0.2, 0) is 9.53 Å². The second-order valence-corrected chi connectivity index (χ2v) is 3.54. The zero-order valence-electron chi connectivity index (χ0n) is 8.36. The molecule has 2 N–H and O–H groups in total. The maximum atomic E-state index is 11.4. The molecule has 1 aromatic rings. The van der Waals surface area contributed by atoms with E-state index in [-0.39, 0.29) is 0 Å². The third-order valence-electron chi connectivity index (χ3n) is 1.50. The van der Waals surface area contributed by atoms with Gasteiger partial charge in [-0.2, -0.15) is 0 Å². The number of ether oxygens (including phenoxy) is 1. The van der Waals surface area contributed by atoms with Crippen LogP contribution >= 0.6 is 11.3 Å². The summed E-state index contributed by atoms with van der Waals surface area (Å²) < 4.78 is 4.84. The fourth-order valence-electron chi connectivity index (χ4n) is 0.927. The van der Waals surface area contributed by atoms with Gasteiger partial charge < -0.3 is 4.74 Å². The molecular weight excluding hydrogens is 218 g/mol. The van der Waals surface area contributed by atoms with E-state index in [1.54, 1.807) is 13.8 Å². The summed E-state index contributed by atoms with van der Waals surface area (Å²) in [5, 5.41) is 0.447. The Kier molecular flexibility index (Phi) is 4.04. The first-order valence-electron chi connectivity index (χ1n) is 4.28. The lowest BCUT2D eigenvalue weighted by Crippen LogP contribution is -2.18. The van der Waals surface area contributed by atoms with Crippen LogP contribution in [0.5, 0.6) is 0 Å². The van der Waals surface area contributed by atoms with E-state index < -0.39 is 5.97 Å². The van der Waals surface area contributed by atoms with E-state index >= 15 is 0 Å². The van der Waals surface area contributed by atoms with Crippen molar-refractivity contribution in [2.24, 2.45) is 0 Å². The van der Waals surface area contributed by atoms with E-state index in [0.717, 1.165) is 11.3 Å². The molecule has 0 saturated carbocycles. The van der Waals surface area contributed by atoms with Crippen LogP contribution < -0.4 is 10.9 Å². The molecule has 0 spiro atoms. The highest BCUT2D eigenvalue weighted by Gasteiger charge is 2.15. The zero-order valence-corrected chi connectivity index (χ0v) is 9.18. The fraction of sp³-hybridized carbons (Fsp3) is 0.375. The predicted molar refractivity (Wildman–Crippen MR) is 55.6 cm³/mol. The number of anilines is 1. The van der Waals surface area contributed by atoms with Gasteiger partial charge in [0.1, 0.15) is 4.88 Å². The maximum Gasteiger partial charge on any atom is 0.350 e. The molecule has 7 heteroatoms.